The summed E-state index contributed by atoms with van der Waals surface area (Å²) in [5, 5.41) is 2.27. The van der Waals surface area contributed by atoms with Gasteiger partial charge in [-0.3, -0.25) is 4.72 Å². The lowest BCUT2D eigenvalue weighted by Crippen LogP contribution is -2.14. The molecule has 0 radical (unpaired) electrons. The Morgan fingerprint density at radius 2 is 1.85 bits per heavy atom. The molecule has 1 aromatic heterocycles. The molecule has 4 nitrogen and oxygen atoms in total. The number of nitrogens with zero attached hydrogens (tertiary/aromatic N) is 1. The standard InChI is InChI=1S/C17H13Cl2FN2O2S2/c1-9-5-11(3-4-14(9)20)15-8-25-17(21-15)22-26(23,24)16-10(2)6-12(18)7-13(16)19/h3-8H,1-2H3,(H,21,22). The van der Waals surface area contributed by atoms with Crippen LogP contribution in [-0.2, 0) is 10.0 Å². The van der Waals surface area contributed by atoms with Gasteiger partial charge >= 0.3 is 0 Å². The molecule has 3 aromatic rings. The van der Waals surface area contributed by atoms with Crippen molar-refractivity contribution >= 4 is 49.7 Å². The molecular weight excluding hydrogens is 418 g/mol. The molecule has 0 fully saturated rings. The molecule has 0 amide bonds. The van der Waals surface area contributed by atoms with Gasteiger partial charge in [-0.05, 0) is 55.3 Å². The Balaban J connectivity index is 1.92. The van der Waals surface area contributed by atoms with Crippen LogP contribution in [-0.4, -0.2) is 13.4 Å². The number of aryl methyl sites for hydroxylation is 2. The van der Waals surface area contributed by atoms with Crippen molar-refractivity contribution in [3.05, 3.63) is 62.7 Å². The summed E-state index contributed by atoms with van der Waals surface area (Å²) in [5.74, 6) is -0.308. The number of rotatable bonds is 4. The lowest BCUT2D eigenvalue weighted by molar-refractivity contribution is 0.600. The van der Waals surface area contributed by atoms with E-state index in [2.05, 4.69) is 9.71 Å². The van der Waals surface area contributed by atoms with Crippen LogP contribution in [0.15, 0.2) is 40.6 Å². The van der Waals surface area contributed by atoms with E-state index in [1.807, 2.05) is 0 Å². The van der Waals surface area contributed by atoms with E-state index in [1.54, 1.807) is 31.4 Å². The van der Waals surface area contributed by atoms with Crippen LogP contribution >= 0.6 is 34.5 Å². The van der Waals surface area contributed by atoms with Crippen molar-refractivity contribution in [3.8, 4) is 11.3 Å². The zero-order valence-corrected chi connectivity index (χ0v) is 16.8. The topological polar surface area (TPSA) is 59.1 Å². The average molecular weight is 431 g/mol. The Bertz CT molecular complexity index is 1070. The number of nitrogens with one attached hydrogen (secondary N) is 1. The molecule has 0 spiro atoms. The van der Waals surface area contributed by atoms with E-state index in [0.717, 1.165) is 11.3 Å². The van der Waals surface area contributed by atoms with Crippen molar-refractivity contribution in [1.29, 1.82) is 0 Å². The molecule has 0 atom stereocenters. The van der Waals surface area contributed by atoms with Crippen molar-refractivity contribution in [2.75, 3.05) is 4.72 Å². The van der Waals surface area contributed by atoms with Gasteiger partial charge in [-0.15, -0.1) is 11.3 Å². The maximum atomic E-state index is 13.4. The molecule has 3 rings (SSSR count). The number of hydrogen-bond acceptors (Lipinski definition) is 4. The molecule has 0 saturated heterocycles. The third-order valence-corrected chi connectivity index (χ3v) is 6.70. The van der Waals surface area contributed by atoms with Gasteiger partial charge in [0.25, 0.3) is 10.0 Å². The largest absolute Gasteiger partial charge is 0.265 e. The maximum absolute atomic E-state index is 13.4. The molecule has 0 aliphatic rings. The summed E-state index contributed by atoms with van der Waals surface area (Å²) in [6.45, 7) is 3.26. The normalized spacial score (nSPS) is 11.6. The first-order chi connectivity index (χ1) is 12.2. The molecule has 136 valence electrons. The van der Waals surface area contributed by atoms with Gasteiger partial charge in [-0.1, -0.05) is 23.2 Å². The van der Waals surface area contributed by atoms with Gasteiger partial charge in [0.05, 0.1) is 10.7 Å². The second-order valence-corrected chi connectivity index (χ2v) is 8.96. The Morgan fingerprint density at radius 1 is 1.12 bits per heavy atom. The second kappa shape index (κ2) is 7.15. The van der Waals surface area contributed by atoms with E-state index in [-0.39, 0.29) is 20.9 Å². The van der Waals surface area contributed by atoms with E-state index in [4.69, 9.17) is 23.2 Å². The van der Waals surface area contributed by atoms with Gasteiger partial charge in [0.2, 0.25) is 0 Å². The molecule has 0 bridgehead atoms. The van der Waals surface area contributed by atoms with Gasteiger partial charge in [0, 0.05) is 16.0 Å². The Labute approximate surface area is 164 Å². The predicted molar refractivity (Wildman–Crippen MR) is 104 cm³/mol. The molecule has 9 heteroatoms. The number of halogens is 3. The second-order valence-electron chi connectivity index (χ2n) is 5.64. The van der Waals surface area contributed by atoms with Crippen LogP contribution in [0.5, 0.6) is 0 Å². The summed E-state index contributed by atoms with van der Waals surface area (Å²) in [4.78, 5) is 4.23. The maximum Gasteiger partial charge on any atom is 0.265 e. The number of benzene rings is 2. The van der Waals surface area contributed by atoms with Crippen LogP contribution in [0.2, 0.25) is 10.0 Å². The van der Waals surface area contributed by atoms with Crippen molar-refractivity contribution in [3.63, 3.8) is 0 Å². The monoisotopic (exact) mass is 430 g/mol. The van der Waals surface area contributed by atoms with Crippen LogP contribution in [0.3, 0.4) is 0 Å². The van der Waals surface area contributed by atoms with Crippen molar-refractivity contribution < 1.29 is 12.8 Å². The van der Waals surface area contributed by atoms with E-state index in [1.165, 1.54) is 18.2 Å². The highest BCUT2D eigenvalue weighted by molar-refractivity contribution is 7.93. The van der Waals surface area contributed by atoms with Gasteiger partial charge in [-0.2, -0.15) is 0 Å². The fourth-order valence-corrected chi connectivity index (χ4v) is 5.61. The van der Waals surface area contributed by atoms with Crippen LogP contribution in [0.25, 0.3) is 11.3 Å². The van der Waals surface area contributed by atoms with Crippen molar-refractivity contribution in [2.45, 2.75) is 18.7 Å². The van der Waals surface area contributed by atoms with Gasteiger partial charge < -0.3 is 0 Å². The molecule has 1 heterocycles. The number of thiazole rings is 1. The molecule has 26 heavy (non-hydrogen) atoms. The van der Waals surface area contributed by atoms with Gasteiger partial charge in [0.15, 0.2) is 5.13 Å². The van der Waals surface area contributed by atoms with Crippen molar-refractivity contribution in [2.24, 2.45) is 0 Å². The molecular formula is C17H13Cl2FN2O2S2. The quantitative estimate of drug-likeness (QED) is 0.579. The molecule has 0 saturated carbocycles. The highest BCUT2D eigenvalue weighted by Gasteiger charge is 2.23. The van der Waals surface area contributed by atoms with Crippen LogP contribution in [0.1, 0.15) is 11.1 Å². The number of anilines is 1. The lowest BCUT2D eigenvalue weighted by Gasteiger charge is -2.10. The van der Waals surface area contributed by atoms with Crippen LogP contribution < -0.4 is 4.72 Å². The summed E-state index contributed by atoms with van der Waals surface area (Å²) < 4.78 is 41.2. The summed E-state index contributed by atoms with van der Waals surface area (Å²) >= 11 is 13.1. The van der Waals surface area contributed by atoms with Gasteiger partial charge in [-0.25, -0.2) is 17.8 Å². The number of aromatic nitrogens is 1. The highest BCUT2D eigenvalue weighted by Crippen LogP contribution is 2.32. The first-order valence-corrected chi connectivity index (χ1v) is 10.5. The van der Waals surface area contributed by atoms with Gasteiger partial charge in [0.1, 0.15) is 10.7 Å². The third kappa shape index (κ3) is 3.86. The SMILES string of the molecule is Cc1cc(-c2csc(NS(=O)(=O)c3c(C)cc(Cl)cc3Cl)n2)ccc1F. The minimum Gasteiger partial charge on any atom is -0.255 e. The lowest BCUT2D eigenvalue weighted by atomic mass is 10.1. The fraction of sp³-hybridized carbons (Fsp3) is 0.118. The zero-order chi connectivity index (χ0) is 19.1. The minimum absolute atomic E-state index is 0.0356. The highest BCUT2D eigenvalue weighted by atomic mass is 35.5. The van der Waals surface area contributed by atoms with Crippen LogP contribution in [0.4, 0.5) is 9.52 Å². The molecule has 0 aliphatic carbocycles. The fourth-order valence-electron chi connectivity index (χ4n) is 2.45. The van der Waals surface area contributed by atoms with E-state index >= 15 is 0 Å². The predicted octanol–water partition coefficient (Wildman–Crippen LogP) is 5.67. The average Bonchev–Trinajstić information content (AvgIpc) is 2.96. The zero-order valence-electron chi connectivity index (χ0n) is 13.7. The summed E-state index contributed by atoms with van der Waals surface area (Å²) in [6, 6.07) is 7.50. The summed E-state index contributed by atoms with van der Waals surface area (Å²) in [5.41, 5.74) is 2.17. The number of hydrogen-bond donors (Lipinski definition) is 1. The Morgan fingerprint density at radius 3 is 2.50 bits per heavy atom. The third-order valence-electron chi connectivity index (χ3n) is 3.64. The molecule has 1 N–H and O–H groups in total. The van der Waals surface area contributed by atoms with E-state index in [9.17, 15) is 12.8 Å². The molecule has 2 aromatic carbocycles. The summed E-state index contributed by atoms with van der Waals surface area (Å²) in [7, 11) is -3.93. The first-order valence-electron chi connectivity index (χ1n) is 7.38. The molecule has 0 aliphatic heterocycles. The first kappa shape index (κ1) is 19.1. The van der Waals surface area contributed by atoms with Crippen molar-refractivity contribution in [1.82, 2.24) is 4.98 Å². The van der Waals surface area contributed by atoms with E-state index < -0.39 is 10.0 Å². The summed E-state index contributed by atoms with van der Waals surface area (Å²) in [6.07, 6.45) is 0. The minimum atomic E-state index is -3.93. The van der Waals surface area contributed by atoms with E-state index in [0.29, 0.717) is 27.4 Å². The Hall–Kier alpha value is -1.67. The number of sulfonamides is 1. The smallest absolute Gasteiger partial charge is 0.255 e. The Kier molecular flexibility index (Phi) is 5.25. The van der Waals surface area contributed by atoms with Crippen LogP contribution in [0, 0.1) is 19.7 Å². The molecule has 0 unspecified atom stereocenters.